The molecule has 3 aromatic heterocycles. The van der Waals surface area contributed by atoms with E-state index < -0.39 is 0 Å². The van der Waals surface area contributed by atoms with Crippen molar-refractivity contribution in [3.63, 3.8) is 0 Å². The summed E-state index contributed by atoms with van der Waals surface area (Å²) < 4.78 is 17.6. The lowest BCUT2D eigenvalue weighted by molar-refractivity contribution is 0.622. The van der Waals surface area contributed by atoms with E-state index in [0.29, 0.717) is 33.8 Å². The molecule has 10 heteroatoms. The van der Waals surface area contributed by atoms with Crippen LogP contribution < -0.4 is 5.56 Å². The molecular weight excluding hydrogens is 399 g/mol. The molecule has 0 atom stereocenters. The Bertz CT molecular complexity index is 1240. The van der Waals surface area contributed by atoms with Crippen molar-refractivity contribution in [1.29, 1.82) is 0 Å². The molecule has 1 aliphatic carbocycles. The predicted molar refractivity (Wildman–Crippen MR) is 105 cm³/mol. The molecule has 7 nitrogen and oxygen atoms in total. The summed E-state index contributed by atoms with van der Waals surface area (Å²) in [6.45, 7) is 1.79. The SMILES string of the molecule is Cc1cc(=O)n2nc(CSc3nnc(-c4ccccc4F)n3C3CC3)sc2n1. The van der Waals surface area contributed by atoms with Gasteiger partial charge in [0.05, 0.1) is 11.3 Å². The maximum absolute atomic E-state index is 14.3. The zero-order valence-electron chi connectivity index (χ0n) is 14.9. The van der Waals surface area contributed by atoms with Crippen LogP contribution in [0.1, 0.15) is 29.6 Å². The third kappa shape index (κ3) is 3.12. The molecule has 142 valence electrons. The van der Waals surface area contributed by atoms with E-state index in [2.05, 4.69) is 20.3 Å². The number of aromatic nitrogens is 6. The molecule has 1 saturated carbocycles. The van der Waals surface area contributed by atoms with Crippen LogP contribution in [-0.4, -0.2) is 29.4 Å². The largest absolute Gasteiger partial charge is 0.299 e. The molecule has 1 fully saturated rings. The number of nitrogens with zero attached hydrogens (tertiary/aromatic N) is 6. The monoisotopic (exact) mass is 414 g/mol. The van der Waals surface area contributed by atoms with Crippen LogP contribution in [0.15, 0.2) is 40.3 Å². The summed E-state index contributed by atoms with van der Waals surface area (Å²) in [6, 6.07) is 8.38. The number of rotatable bonds is 5. The molecular formula is C18H15FN6OS2. The summed E-state index contributed by atoms with van der Waals surface area (Å²) in [5, 5.41) is 14.4. The minimum atomic E-state index is -0.305. The Morgan fingerprint density at radius 2 is 2.11 bits per heavy atom. The van der Waals surface area contributed by atoms with Crippen LogP contribution in [0.5, 0.6) is 0 Å². The lowest BCUT2D eigenvalue weighted by atomic mass is 10.2. The van der Waals surface area contributed by atoms with Crippen molar-refractivity contribution in [3.8, 4) is 11.4 Å². The third-order valence-corrected chi connectivity index (χ3v) is 6.48. The van der Waals surface area contributed by atoms with Gasteiger partial charge in [0.1, 0.15) is 10.8 Å². The molecule has 0 saturated heterocycles. The fourth-order valence-corrected chi connectivity index (χ4v) is 4.94. The second-order valence-electron chi connectivity index (χ2n) is 6.60. The summed E-state index contributed by atoms with van der Waals surface area (Å²) in [6.07, 6.45) is 2.07. The zero-order chi connectivity index (χ0) is 19.3. The molecule has 0 unspecified atom stereocenters. The number of halogens is 1. The first-order valence-corrected chi connectivity index (χ1v) is 10.6. The lowest BCUT2D eigenvalue weighted by Crippen LogP contribution is -2.14. The van der Waals surface area contributed by atoms with Gasteiger partial charge in [0.25, 0.3) is 5.56 Å². The maximum Gasteiger partial charge on any atom is 0.275 e. The van der Waals surface area contributed by atoms with Crippen molar-refractivity contribution < 1.29 is 4.39 Å². The van der Waals surface area contributed by atoms with Gasteiger partial charge in [-0.05, 0) is 31.9 Å². The molecule has 0 aliphatic heterocycles. The second kappa shape index (κ2) is 6.78. The van der Waals surface area contributed by atoms with E-state index in [1.54, 1.807) is 25.1 Å². The van der Waals surface area contributed by atoms with Crippen LogP contribution in [0, 0.1) is 12.7 Å². The first-order chi connectivity index (χ1) is 13.6. The summed E-state index contributed by atoms with van der Waals surface area (Å²) in [5.74, 6) is 0.788. The second-order valence-corrected chi connectivity index (χ2v) is 8.58. The normalized spacial score (nSPS) is 14.1. The van der Waals surface area contributed by atoms with Crippen LogP contribution in [-0.2, 0) is 5.75 Å². The molecule has 0 bridgehead atoms. The molecule has 0 N–H and O–H groups in total. The van der Waals surface area contributed by atoms with Crippen LogP contribution in [0.3, 0.4) is 0 Å². The average Bonchev–Trinajstić information content (AvgIpc) is 3.28. The minimum absolute atomic E-state index is 0.182. The molecule has 3 heterocycles. The molecule has 0 radical (unpaired) electrons. The van der Waals surface area contributed by atoms with Gasteiger partial charge < -0.3 is 0 Å². The van der Waals surface area contributed by atoms with Crippen molar-refractivity contribution in [2.24, 2.45) is 0 Å². The van der Waals surface area contributed by atoms with Crippen LogP contribution in [0.2, 0.25) is 0 Å². The van der Waals surface area contributed by atoms with Crippen LogP contribution in [0.4, 0.5) is 4.39 Å². The van der Waals surface area contributed by atoms with Crippen molar-refractivity contribution in [1.82, 2.24) is 29.4 Å². The van der Waals surface area contributed by atoms with Gasteiger partial charge in [0.2, 0.25) is 4.96 Å². The highest BCUT2D eigenvalue weighted by atomic mass is 32.2. The highest BCUT2D eigenvalue weighted by Gasteiger charge is 2.31. The Morgan fingerprint density at radius 1 is 1.29 bits per heavy atom. The van der Waals surface area contributed by atoms with Gasteiger partial charge in [-0.1, -0.05) is 35.2 Å². The number of fused-ring (bicyclic) bond motifs is 1. The van der Waals surface area contributed by atoms with Crippen molar-refractivity contribution >= 4 is 28.1 Å². The van der Waals surface area contributed by atoms with Gasteiger partial charge >= 0.3 is 0 Å². The zero-order valence-corrected chi connectivity index (χ0v) is 16.5. The Kier molecular flexibility index (Phi) is 4.24. The Hall–Kier alpha value is -2.59. The van der Waals surface area contributed by atoms with Crippen molar-refractivity contribution in [3.05, 3.63) is 57.2 Å². The Morgan fingerprint density at radius 3 is 2.89 bits per heavy atom. The average molecular weight is 414 g/mol. The maximum atomic E-state index is 14.3. The molecule has 0 spiro atoms. The molecule has 1 aromatic carbocycles. The number of thioether (sulfide) groups is 1. The Balaban J connectivity index is 1.46. The number of benzene rings is 1. The number of aryl methyl sites for hydroxylation is 1. The van der Waals surface area contributed by atoms with Crippen LogP contribution in [0.25, 0.3) is 16.3 Å². The molecule has 5 rings (SSSR count). The van der Waals surface area contributed by atoms with E-state index in [-0.39, 0.29) is 11.4 Å². The minimum Gasteiger partial charge on any atom is -0.299 e. The number of hydrogen-bond acceptors (Lipinski definition) is 7. The van der Waals surface area contributed by atoms with E-state index in [1.807, 2.05) is 4.57 Å². The topological polar surface area (TPSA) is 78.0 Å². The standard InChI is InChI=1S/C18H15FN6OS2/c1-10-8-15(26)25-17(20-10)28-14(23-25)9-27-18-22-21-16(24(18)11-6-7-11)12-4-2-3-5-13(12)19/h2-5,8,11H,6-7,9H2,1H3. The van der Waals surface area contributed by atoms with E-state index in [1.165, 1.54) is 39.7 Å². The lowest BCUT2D eigenvalue weighted by Gasteiger charge is -2.08. The highest BCUT2D eigenvalue weighted by Crippen LogP contribution is 2.42. The van der Waals surface area contributed by atoms with E-state index in [4.69, 9.17) is 0 Å². The summed E-state index contributed by atoms with van der Waals surface area (Å²) in [4.78, 5) is 17.0. The van der Waals surface area contributed by atoms with Crippen molar-refractivity contribution in [2.45, 2.75) is 36.7 Å². The summed E-state index contributed by atoms with van der Waals surface area (Å²) in [7, 11) is 0. The van der Waals surface area contributed by atoms with Gasteiger partial charge in [-0.25, -0.2) is 9.37 Å². The number of hydrogen-bond donors (Lipinski definition) is 0. The van der Waals surface area contributed by atoms with Gasteiger partial charge in [-0.3, -0.25) is 9.36 Å². The third-order valence-electron chi connectivity index (χ3n) is 4.43. The first kappa shape index (κ1) is 17.5. The highest BCUT2D eigenvalue weighted by molar-refractivity contribution is 7.98. The van der Waals surface area contributed by atoms with E-state index in [0.717, 1.165) is 23.0 Å². The summed E-state index contributed by atoms with van der Waals surface area (Å²) >= 11 is 2.87. The fraction of sp³-hybridized carbons (Fsp3) is 0.278. The predicted octanol–water partition coefficient (Wildman–Crippen LogP) is 3.48. The molecule has 4 aromatic rings. The Labute approximate surface area is 167 Å². The fourth-order valence-electron chi connectivity index (χ4n) is 3.01. The van der Waals surface area contributed by atoms with E-state index >= 15 is 0 Å². The quantitative estimate of drug-likeness (QED) is 0.465. The smallest absolute Gasteiger partial charge is 0.275 e. The van der Waals surface area contributed by atoms with Crippen LogP contribution >= 0.6 is 23.1 Å². The first-order valence-electron chi connectivity index (χ1n) is 8.79. The molecule has 0 amide bonds. The van der Waals surface area contributed by atoms with E-state index in [9.17, 15) is 9.18 Å². The van der Waals surface area contributed by atoms with Gasteiger partial charge in [-0.2, -0.15) is 9.61 Å². The molecule has 1 aliphatic rings. The van der Waals surface area contributed by atoms with Crippen molar-refractivity contribution in [2.75, 3.05) is 0 Å². The molecule has 28 heavy (non-hydrogen) atoms. The van der Waals surface area contributed by atoms with Gasteiger partial charge in [0.15, 0.2) is 11.0 Å². The van der Waals surface area contributed by atoms with Gasteiger partial charge in [-0.15, -0.1) is 10.2 Å². The summed E-state index contributed by atoms with van der Waals surface area (Å²) in [5.41, 5.74) is 0.953. The van der Waals surface area contributed by atoms with Gasteiger partial charge in [0, 0.05) is 17.8 Å².